The molecule has 0 aliphatic rings. The second kappa shape index (κ2) is 5.06. The highest BCUT2D eigenvalue weighted by atomic mass is 127. The number of halogens is 2. The minimum Gasteiger partial charge on any atom is -0.278 e. The molecule has 102 valence electrons. The first kappa shape index (κ1) is 13.2. The van der Waals surface area contributed by atoms with Gasteiger partial charge < -0.3 is 0 Å². The van der Waals surface area contributed by atoms with E-state index in [4.69, 9.17) is 0 Å². The van der Waals surface area contributed by atoms with Gasteiger partial charge in [0.1, 0.15) is 15.2 Å². The Labute approximate surface area is 143 Å². The molecular weight excluding hydrogens is 441 g/mol. The molecule has 3 heterocycles. The van der Waals surface area contributed by atoms with E-state index in [1.807, 2.05) is 36.5 Å². The van der Waals surface area contributed by atoms with Gasteiger partial charge in [-0.1, -0.05) is 22.0 Å². The van der Waals surface area contributed by atoms with Crippen LogP contribution >= 0.6 is 38.5 Å². The minimum absolute atomic E-state index is 0.892. The second-order valence-electron chi connectivity index (χ2n) is 4.69. The summed E-state index contributed by atoms with van der Waals surface area (Å²) >= 11 is 5.78. The molecule has 1 aromatic carbocycles. The molecule has 0 spiro atoms. The van der Waals surface area contributed by atoms with Gasteiger partial charge in [0.15, 0.2) is 0 Å². The molecule has 0 amide bonds. The molecule has 0 radical (unpaired) electrons. The third kappa shape index (κ3) is 2.15. The van der Waals surface area contributed by atoms with Crippen LogP contribution in [0.2, 0.25) is 0 Å². The lowest BCUT2D eigenvalue weighted by atomic mass is 10.2. The largest absolute Gasteiger partial charge is 0.278 e. The lowest BCUT2D eigenvalue weighted by Crippen LogP contribution is -1.99. The summed E-state index contributed by atoms with van der Waals surface area (Å²) in [6, 6.07) is 16.4. The second-order valence-corrected chi connectivity index (χ2v) is 6.71. The van der Waals surface area contributed by atoms with Crippen molar-refractivity contribution in [2.75, 3.05) is 0 Å². The lowest BCUT2D eigenvalue weighted by Gasteiger charge is -2.06. The summed E-state index contributed by atoms with van der Waals surface area (Å²) in [5, 5.41) is 2.31. The van der Waals surface area contributed by atoms with Crippen molar-refractivity contribution < 1.29 is 0 Å². The van der Waals surface area contributed by atoms with E-state index in [1.165, 1.54) is 5.39 Å². The maximum Gasteiger partial charge on any atom is 0.146 e. The minimum atomic E-state index is 0.892. The van der Waals surface area contributed by atoms with E-state index in [0.29, 0.717) is 0 Å². The molecule has 3 aromatic heterocycles. The van der Waals surface area contributed by atoms with Crippen LogP contribution in [0.3, 0.4) is 0 Å². The first-order valence-corrected chi connectivity index (χ1v) is 8.29. The van der Waals surface area contributed by atoms with Crippen LogP contribution in [-0.2, 0) is 0 Å². The van der Waals surface area contributed by atoms with Crippen LogP contribution in [0.4, 0.5) is 0 Å². The topological polar surface area (TPSA) is 30.7 Å². The standard InChI is InChI=1S/C16H9BrIN3/c17-10-6-7-13-12(9-10)11-3-2-8-19-16(11)21(13)15-5-1-4-14(18)20-15/h1-9H. The van der Waals surface area contributed by atoms with Crippen molar-refractivity contribution in [3.05, 3.63) is 62.9 Å². The van der Waals surface area contributed by atoms with E-state index in [2.05, 4.69) is 71.3 Å². The van der Waals surface area contributed by atoms with Crippen LogP contribution in [0.15, 0.2) is 59.2 Å². The number of rotatable bonds is 1. The number of hydrogen-bond acceptors (Lipinski definition) is 2. The van der Waals surface area contributed by atoms with Crippen LogP contribution in [0.1, 0.15) is 0 Å². The highest BCUT2D eigenvalue weighted by Gasteiger charge is 2.13. The quantitative estimate of drug-likeness (QED) is 0.304. The van der Waals surface area contributed by atoms with Crippen LogP contribution < -0.4 is 0 Å². The summed E-state index contributed by atoms with van der Waals surface area (Å²) in [6.45, 7) is 0. The first-order valence-electron chi connectivity index (χ1n) is 6.42. The number of pyridine rings is 2. The van der Waals surface area contributed by atoms with Gasteiger partial charge in [-0.3, -0.25) is 4.57 Å². The van der Waals surface area contributed by atoms with E-state index in [-0.39, 0.29) is 0 Å². The van der Waals surface area contributed by atoms with Gasteiger partial charge in [0, 0.05) is 21.4 Å². The molecule has 0 fully saturated rings. The van der Waals surface area contributed by atoms with Crippen molar-refractivity contribution in [1.29, 1.82) is 0 Å². The van der Waals surface area contributed by atoms with Gasteiger partial charge in [-0.05, 0) is 65.1 Å². The van der Waals surface area contributed by atoms with Crippen molar-refractivity contribution >= 4 is 60.5 Å². The van der Waals surface area contributed by atoms with Crippen molar-refractivity contribution in [3.63, 3.8) is 0 Å². The molecule has 0 unspecified atom stereocenters. The zero-order valence-electron chi connectivity index (χ0n) is 10.8. The maximum atomic E-state index is 4.64. The zero-order chi connectivity index (χ0) is 14.4. The van der Waals surface area contributed by atoms with E-state index in [1.54, 1.807) is 0 Å². The predicted molar refractivity (Wildman–Crippen MR) is 96.8 cm³/mol. The molecule has 5 heteroatoms. The van der Waals surface area contributed by atoms with Gasteiger partial charge in [0.05, 0.1) is 5.52 Å². The summed E-state index contributed by atoms with van der Waals surface area (Å²) in [7, 11) is 0. The number of hydrogen-bond donors (Lipinski definition) is 0. The average molecular weight is 450 g/mol. The molecule has 0 bridgehead atoms. The van der Waals surface area contributed by atoms with Crippen molar-refractivity contribution in [1.82, 2.24) is 14.5 Å². The van der Waals surface area contributed by atoms with E-state index in [0.717, 1.165) is 30.5 Å². The maximum absolute atomic E-state index is 4.64. The lowest BCUT2D eigenvalue weighted by molar-refractivity contribution is 1.04. The summed E-state index contributed by atoms with van der Waals surface area (Å²) in [5.74, 6) is 0.892. The van der Waals surface area contributed by atoms with Gasteiger partial charge in [0.2, 0.25) is 0 Å². The van der Waals surface area contributed by atoms with Gasteiger partial charge in [-0.15, -0.1) is 0 Å². The average Bonchev–Trinajstić information content (AvgIpc) is 2.81. The van der Waals surface area contributed by atoms with Crippen molar-refractivity contribution in [2.24, 2.45) is 0 Å². The van der Waals surface area contributed by atoms with E-state index < -0.39 is 0 Å². The van der Waals surface area contributed by atoms with Gasteiger partial charge in [-0.2, -0.15) is 0 Å². The Kier molecular flexibility index (Phi) is 3.19. The molecule has 0 aliphatic heterocycles. The molecule has 4 aromatic rings. The Morgan fingerprint density at radius 3 is 2.76 bits per heavy atom. The van der Waals surface area contributed by atoms with Crippen LogP contribution in [0.25, 0.3) is 27.8 Å². The monoisotopic (exact) mass is 449 g/mol. The van der Waals surface area contributed by atoms with Crippen LogP contribution in [0.5, 0.6) is 0 Å². The molecule has 0 N–H and O–H groups in total. The van der Waals surface area contributed by atoms with Crippen molar-refractivity contribution in [3.8, 4) is 5.82 Å². The molecular formula is C16H9BrIN3. The van der Waals surface area contributed by atoms with Crippen LogP contribution in [-0.4, -0.2) is 14.5 Å². The number of nitrogens with zero attached hydrogens (tertiary/aromatic N) is 3. The molecule has 3 nitrogen and oxygen atoms in total. The molecule has 0 atom stereocenters. The fourth-order valence-electron chi connectivity index (χ4n) is 2.57. The van der Waals surface area contributed by atoms with Crippen LogP contribution in [0, 0.1) is 3.70 Å². The fourth-order valence-corrected chi connectivity index (χ4v) is 3.39. The molecule has 21 heavy (non-hydrogen) atoms. The Hall–Kier alpha value is -1.47. The molecule has 4 rings (SSSR count). The van der Waals surface area contributed by atoms with E-state index >= 15 is 0 Å². The summed E-state index contributed by atoms with van der Waals surface area (Å²) in [6.07, 6.45) is 1.82. The summed E-state index contributed by atoms with van der Waals surface area (Å²) < 4.78 is 4.14. The molecule has 0 aliphatic carbocycles. The third-order valence-electron chi connectivity index (χ3n) is 3.42. The number of fused-ring (bicyclic) bond motifs is 3. The van der Waals surface area contributed by atoms with Gasteiger partial charge >= 0.3 is 0 Å². The highest BCUT2D eigenvalue weighted by molar-refractivity contribution is 14.1. The van der Waals surface area contributed by atoms with E-state index in [9.17, 15) is 0 Å². The Morgan fingerprint density at radius 1 is 1.00 bits per heavy atom. The SMILES string of the molecule is Brc1ccc2c(c1)c1cccnc1n2-c1cccc(I)n1. The zero-order valence-corrected chi connectivity index (χ0v) is 14.5. The highest BCUT2D eigenvalue weighted by Crippen LogP contribution is 2.31. The fraction of sp³-hybridized carbons (Fsp3) is 0. The van der Waals surface area contributed by atoms with Crippen molar-refractivity contribution in [2.45, 2.75) is 0 Å². The Balaban J connectivity index is 2.20. The molecule has 0 saturated heterocycles. The number of benzene rings is 1. The molecule has 0 saturated carbocycles. The summed E-state index contributed by atoms with van der Waals surface area (Å²) in [5.41, 5.74) is 2.04. The predicted octanol–water partition coefficient (Wildman–Crippen LogP) is 4.94. The smallest absolute Gasteiger partial charge is 0.146 e. The Bertz CT molecular complexity index is 978. The Morgan fingerprint density at radius 2 is 1.90 bits per heavy atom. The van der Waals surface area contributed by atoms with Gasteiger partial charge in [0.25, 0.3) is 0 Å². The number of aromatic nitrogens is 3. The summed E-state index contributed by atoms with van der Waals surface area (Å²) in [4.78, 5) is 9.20. The third-order valence-corrected chi connectivity index (χ3v) is 4.51. The van der Waals surface area contributed by atoms with Gasteiger partial charge in [-0.25, -0.2) is 9.97 Å². The normalized spacial score (nSPS) is 11.3. The first-order chi connectivity index (χ1) is 10.2.